The molecule has 0 aromatic heterocycles. The molecule has 2 atom stereocenters. The van der Waals surface area contributed by atoms with E-state index < -0.39 is 0 Å². The van der Waals surface area contributed by atoms with Crippen LogP contribution >= 0.6 is 0 Å². The summed E-state index contributed by atoms with van der Waals surface area (Å²) >= 11 is 0. The molecule has 1 amide bonds. The topological polar surface area (TPSA) is 58.4 Å². The summed E-state index contributed by atoms with van der Waals surface area (Å²) in [5, 5.41) is 2.69. The Balaban J connectivity index is 2.40. The average Bonchev–Trinajstić information content (AvgIpc) is 2.27. The maximum atomic E-state index is 11.4. The molecule has 4 heteroatoms. The Morgan fingerprint density at radius 3 is 2.33 bits per heavy atom. The summed E-state index contributed by atoms with van der Waals surface area (Å²) in [7, 11) is 1.69. The van der Waals surface area contributed by atoms with E-state index in [0.717, 1.165) is 25.9 Å². The molecule has 0 radical (unpaired) electrons. The predicted molar refractivity (Wildman–Crippen MR) is 61.5 cm³/mol. The zero-order chi connectivity index (χ0) is 11.4. The molecule has 88 valence electrons. The smallest absolute Gasteiger partial charge is 0.236 e. The lowest BCUT2D eigenvalue weighted by atomic mass is 9.90. The summed E-state index contributed by atoms with van der Waals surface area (Å²) < 4.78 is 0. The number of likely N-dealkylation sites (N-methyl/N-ethyl adjacent to an activating group) is 1. The van der Waals surface area contributed by atoms with Gasteiger partial charge in [0, 0.05) is 13.1 Å². The molecule has 3 N–H and O–H groups in total. The second-order valence-corrected chi connectivity index (χ2v) is 4.52. The van der Waals surface area contributed by atoms with Gasteiger partial charge in [0.05, 0.1) is 6.04 Å². The number of nitrogens with one attached hydrogen (secondary N) is 1. The fraction of sp³-hybridized carbons (Fsp3) is 0.909. The molecule has 1 aliphatic rings. The summed E-state index contributed by atoms with van der Waals surface area (Å²) in [6.45, 7) is 6.01. The molecule has 0 aromatic carbocycles. The molecule has 15 heavy (non-hydrogen) atoms. The van der Waals surface area contributed by atoms with Crippen LogP contribution in [0.25, 0.3) is 0 Å². The van der Waals surface area contributed by atoms with Crippen LogP contribution in [0.5, 0.6) is 0 Å². The third-order valence-corrected chi connectivity index (χ3v) is 3.49. The maximum Gasteiger partial charge on any atom is 0.236 e. The largest absolute Gasteiger partial charge is 0.358 e. The van der Waals surface area contributed by atoms with Crippen molar-refractivity contribution in [1.82, 2.24) is 10.2 Å². The van der Waals surface area contributed by atoms with Gasteiger partial charge in [-0.3, -0.25) is 9.69 Å². The standard InChI is InChI=1S/C11H23N3O/c1-8(12)10-4-6-14(7-5-10)9(2)11(15)13-3/h8-10H,4-7,12H2,1-3H3,(H,13,15). The highest BCUT2D eigenvalue weighted by Crippen LogP contribution is 2.20. The molecule has 2 unspecified atom stereocenters. The van der Waals surface area contributed by atoms with Gasteiger partial charge in [-0.2, -0.15) is 0 Å². The number of nitrogens with zero attached hydrogens (tertiary/aromatic N) is 1. The molecule has 0 saturated carbocycles. The summed E-state index contributed by atoms with van der Waals surface area (Å²) in [5.74, 6) is 0.729. The fourth-order valence-electron chi connectivity index (χ4n) is 2.21. The van der Waals surface area contributed by atoms with E-state index >= 15 is 0 Å². The number of nitrogens with two attached hydrogens (primary N) is 1. The number of amides is 1. The second kappa shape index (κ2) is 5.47. The van der Waals surface area contributed by atoms with Gasteiger partial charge in [-0.25, -0.2) is 0 Å². The first-order valence-electron chi connectivity index (χ1n) is 5.77. The van der Waals surface area contributed by atoms with E-state index in [-0.39, 0.29) is 18.0 Å². The monoisotopic (exact) mass is 213 g/mol. The van der Waals surface area contributed by atoms with E-state index in [1.807, 2.05) is 6.92 Å². The van der Waals surface area contributed by atoms with Crippen LogP contribution in [-0.2, 0) is 4.79 Å². The van der Waals surface area contributed by atoms with Crippen LogP contribution in [0.15, 0.2) is 0 Å². The van der Waals surface area contributed by atoms with Crippen LogP contribution in [0.3, 0.4) is 0 Å². The molecular weight excluding hydrogens is 190 g/mol. The SMILES string of the molecule is CNC(=O)C(C)N1CCC(C(C)N)CC1. The van der Waals surface area contributed by atoms with Crippen LogP contribution in [0.4, 0.5) is 0 Å². The minimum Gasteiger partial charge on any atom is -0.358 e. The van der Waals surface area contributed by atoms with Crippen LogP contribution in [0, 0.1) is 5.92 Å². The van der Waals surface area contributed by atoms with Crippen molar-refractivity contribution >= 4 is 5.91 Å². The van der Waals surface area contributed by atoms with Crippen LogP contribution < -0.4 is 11.1 Å². The Hall–Kier alpha value is -0.610. The first-order chi connectivity index (χ1) is 7.06. The number of carbonyl (C=O) groups excluding carboxylic acids is 1. The molecule has 0 bridgehead atoms. The van der Waals surface area contributed by atoms with E-state index in [4.69, 9.17) is 5.73 Å². The van der Waals surface area contributed by atoms with Gasteiger partial charge >= 0.3 is 0 Å². The molecule has 1 saturated heterocycles. The van der Waals surface area contributed by atoms with E-state index in [1.54, 1.807) is 7.05 Å². The van der Waals surface area contributed by atoms with Gasteiger partial charge in [0.2, 0.25) is 5.91 Å². The van der Waals surface area contributed by atoms with Gasteiger partial charge in [0.1, 0.15) is 0 Å². The molecule has 1 heterocycles. The number of hydrogen-bond acceptors (Lipinski definition) is 3. The van der Waals surface area contributed by atoms with Crippen LogP contribution in [0.1, 0.15) is 26.7 Å². The highest BCUT2D eigenvalue weighted by Gasteiger charge is 2.27. The van der Waals surface area contributed by atoms with E-state index in [1.165, 1.54) is 0 Å². The zero-order valence-electron chi connectivity index (χ0n) is 9.99. The molecule has 0 aliphatic carbocycles. The molecular formula is C11H23N3O. The van der Waals surface area contributed by atoms with E-state index in [0.29, 0.717) is 5.92 Å². The molecule has 1 rings (SSSR count). The number of rotatable bonds is 3. The third-order valence-electron chi connectivity index (χ3n) is 3.49. The number of piperidine rings is 1. The van der Waals surface area contributed by atoms with Crippen molar-refractivity contribution in [1.29, 1.82) is 0 Å². The molecule has 4 nitrogen and oxygen atoms in total. The minimum absolute atomic E-state index is 0.0102. The zero-order valence-corrected chi connectivity index (χ0v) is 9.99. The van der Waals surface area contributed by atoms with E-state index in [2.05, 4.69) is 17.1 Å². The predicted octanol–water partition coefficient (Wildman–Crippen LogP) is 0.180. The van der Waals surface area contributed by atoms with Crippen molar-refractivity contribution < 1.29 is 4.79 Å². The first kappa shape index (κ1) is 12.5. The Morgan fingerprint density at radius 2 is 1.93 bits per heavy atom. The lowest BCUT2D eigenvalue weighted by molar-refractivity contribution is -0.125. The normalized spacial score (nSPS) is 23.5. The Morgan fingerprint density at radius 1 is 1.40 bits per heavy atom. The van der Waals surface area contributed by atoms with E-state index in [9.17, 15) is 4.79 Å². The average molecular weight is 213 g/mol. The highest BCUT2D eigenvalue weighted by molar-refractivity contribution is 5.80. The van der Waals surface area contributed by atoms with Gasteiger partial charge in [0.25, 0.3) is 0 Å². The van der Waals surface area contributed by atoms with Crippen molar-refractivity contribution in [3.63, 3.8) is 0 Å². The minimum atomic E-state index is -0.0102. The lowest BCUT2D eigenvalue weighted by Gasteiger charge is -2.36. The second-order valence-electron chi connectivity index (χ2n) is 4.52. The lowest BCUT2D eigenvalue weighted by Crippen LogP contribution is -2.49. The Bertz CT molecular complexity index is 210. The van der Waals surface area contributed by atoms with Crippen molar-refractivity contribution in [3.8, 4) is 0 Å². The quantitative estimate of drug-likeness (QED) is 0.703. The Kier molecular flexibility index (Phi) is 4.54. The van der Waals surface area contributed by atoms with Crippen molar-refractivity contribution in [3.05, 3.63) is 0 Å². The number of likely N-dealkylation sites (tertiary alicyclic amines) is 1. The van der Waals surface area contributed by atoms with Gasteiger partial charge in [0.15, 0.2) is 0 Å². The van der Waals surface area contributed by atoms with Gasteiger partial charge in [-0.1, -0.05) is 0 Å². The Labute approximate surface area is 92.2 Å². The van der Waals surface area contributed by atoms with Crippen molar-refractivity contribution in [2.45, 2.75) is 38.8 Å². The summed E-state index contributed by atoms with van der Waals surface area (Å²) in [6, 6.07) is 0.270. The maximum absolute atomic E-state index is 11.4. The molecule has 0 aromatic rings. The summed E-state index contributed by atoms with van der Waals surface area (Å²) in [5.41, 5.74) is 5.88. The van der Waals surface area contributed by atoms with Gasteiger partial charge < -0.3 is 11.1 Å². The van der Waals surface area contributed by atoms with Crippen molar-refractivity contribution in [2.75, 3.05) is 20.1 Å². The van der Waals surface area contributed by atoms with Gasteiger partial charge in [-0.05, 0) is 45.7 Å². The third kappa shape index (κ3) is 3.18. The number of hydrogen-bond donors (Lipinski definition) is 2. The molecule has 0 spiro atoms. The van der Waals surface area contributed by atoms with Crippen LogP contribution in [0.2, 0.25) is 0 Å². The van der Waals surface area contributed by atoms with Crippen LogP contribution in [-0.4, -0.2) is 43.0 Å². The van der Waals surface area contributed by atoms with Crippen molar-refractivity contribution in [2.24, 2.45) is 11.7 Å². The van der Waals surface area contributed by atoms with Gasteiger partial charge in [-0.15, -0.1) is 0 Å². The fourth-order valence-corrected chi connectivity index (χ4v) is 2.21. The molecule has 1 fully saturated rings. The molecule has 1 aliphatic heterocycles. The highest BCUT2D eigenvalue weighted by atomic mass is 16.2. The first-order valence-corrected chi connectivity index (χ1v) is 5.77. The summed E-state index contributed by atoms with van der Waals surface area (Å²) in [6.07, 6.45) is 2.22. The summed E-state index contributed by atoms with van der Waals surface area (Å²) in [4.78, 5) is 13.7. The number of carbonyl (C=O) groups is 1.